The second-order valence-corrected chi connectivity index (χ2v) is 7.86. The molecule has 162 valence electrons. The Morgan fingerprint density at radius 1 is 1.03 bits per heavy atom. The summed E-state index contributed by atoms with van der Waals surface area (Å²) in [6, 6.07) is 16.8. The van der Waals surface area contributed by atoms with Crippen LogP contribution in [-0.4, -0.2) is 29.0 Å². The predicted molar refractivity (Wildman–Crippen MR) is 122 cm³/mol. The van der Waals surface area contributed by atoms with Crippen LogP contribution in [0.4, 0.5) is 5.69 Å². The number of carbonyl (C=O) groups is 2. The first kappa shape index (κ1) is 21.5. The number of hydrogen-bond acceptors (Lipinski definition) is 5. The van der Waals surface area contributed by atoms with E-state index in [4.69, 9.17) is 16.3 Å². The third-order valence-electron chi connectivity index (χ3n) is 5.41. The first-order valence-corrected chi connectivity index (χ1v) is 10.2. The Morgan fingerprint density at radius 2 is 1.75 bits per heavy atom. The van der Waals surface area contributed by atoms with Crippen LogP contribution < -0.4 is 9.64 Å². The maximum absolute atomic E-state index is 13.1. The Hall–Kier alpha value is -3.77. The zero-order valence-electron chi connectivity index (χ0n) is 17.4. The third kappa shape index (κ3) is 3.69. The summed E-state index contributed by atoms with van der Waals surface area (Å²) < 4.78 is 5.27. The molecule has 1 aliphatic rings. The topological polar surface area (TPSA) is 87.1 Å². The van der Waals surface area contributed by atoms with Crippen molar-refractivity contribution in [2.45, 2.75) is 13.0 Å². The van der Waals surface area contributed by atoms with Gasteiger partial charge in [-0.1, -0.05) is 29.8 Å². The number of rotatable bonds is 4. The van der Waals surface area contributed by atoms with Crippen molar-refractivity contribution < 1.29 is 24.5 Å². The number of halogens is 1. The number of hydrogen-bond donors (Lipinski definition) is 2. The molecule has 1 unspecified atom stereocenters. The molecule has 0 radical (unpaired) electrons. The monoisotopic (exact) mass is 449 g/mol. The van der Waals surface area contributed by atoms with Crippen LogP contribution in [0.15, 0.2) is 72.3 Å². The number of aryl methyl sites for hydroxylation is 1. The van der Waals surface area contributed by atoms with Crippen molar-refractivity contribution in [3.63, 3.8) is 0 Å². The number of ketones is 1. The summed E-state index contributed by atoms with van der Waals surface area (Å²) in [5.74, 6) is -1.21. The fourth-order valence-electron chi connectivity index (χ4n) is 3.88. The van der Waals surface area contributed by atoms with Crippen LogP contribution in [0.1, 0.15) is 22.7 Å². The van der Waals surface area contributed by atoms with Gasteiger partial charge in [-0.25, -0.2) is 0 Å². The molecular formula is C25H20ClNO5. The summed E-state index contributed by atoms with van der Waals surface area (Å²) in [7, 11) is 1.54. The number of carbonyl (C=O) groups excluding carboxylic acids is 2. The minimum Gasteiger partial charge on any atom is -0.508 e. The number of ether oxygens (including phenoxy) is 1. The lowest BCUT2D eigenvalue weighted by molar-refractivity contribution is -0.132. The van der Waals surface area contributed by atoms with Crippen LogP contribution in [0.3, 0.4) is 0 Å². The standard InChI is InChI=1S/C25H20ClNO5/c1-14-12-16(8-11-20(14)32-2)23(29)21-22(15-6-9-19(28)10-7-15)27(25(31)24(21)30)18-5-3-4-17(26)13-18/h3-13,22,28-29H,1-2H3/b23-21+. The number of aliphatic hydroxyl groups is 1. The van der Waals surface area contributed by atoms with Crippen molar-refractivity contribution in [2.24, 2.45) is 0 Å². The first-order valence-electron chi connectivity index (χ1n) is 9.82. The molecule has 0 aromatic heterocycles. The summed E-state index contributed by atoms with van der Waals surface area (Å²) in [6.45, 7) is 1.82. The molecule has 0 bridgehead atoms. The van der Waals surface area contributed by atoms with E-state index in [-0.39, 0.29) is 17.1 Å². The molecule has 7 heteroatoms. The maximum atomic E-state index is 13.1. The molecule has 1 atom stereocenters. The summed E-state index contributed by atoms with van der Waals surface area (Å²) in [5.41, 5.74) is 2.07. The zero-order chi connectivity index (χ0) is 23.0. The Kier molecular flexibility index (Phi) is 5.63. The van der Waals surface area contributed by atoms with Crippen molar-refractivity contribution in [1.29, 1.82) is 0 Å². The number of phenols is 1. The van der Waals surface area contributed by atoms with Crippen molar-refractivity contribution in [3.8, 4) is 11.5 Å². The van der Waals surface area contributed by atoms with E-state index in [1.54, 1.807) is 61.7 Å². The maximum Gasteiger partial charge on any atom is 0.300 e. The smallest absolute Gasteiger partial charge is 0.300 e. The van der Waals surface area contributed by atoms with Gasteiger partial charge in [0, 0.05) is 16.3 Å². The normalized spacial score (nSPS) is 17.6. The van der Waals surface area contributed by atoms with E-state index in [1.807, 2.05) is 6.92 Å². The number of nitrogens with zero attached hydrogens (tertiary/aromatic N) is 1. The second kappa shape index (κ2) is 8.40. The van der Waals surface area contributed by atoms with Crippen LogP contribution in [0.2, 0.25) is 5.02 Å². The fourth-order valence-corrected chi connectivity index (χ4v) is 4.06. The van der Waals surface area contributed by atoms with E-state index in [1.165, 1.54) is 17.0 Å². The molecule has 6 nitrogen and oxygen atoms in total. The molecule has 1 aliphatic heterocycles. The largest absolute Gasteiger partial charge is 0.508 e. The molecule has 1 saturated heterocycles. The molecule has 0 aliphatic carbocycles. The molecule has 0 spiro atoms. The first-order chi connectivity index (χ1) is 15.3. The minimum absolute atomic E-state index is 0.0410. The van der Waals surface area contributed by atoms with Crippen molar-refractivity contribution in [1.82, 2.24) is 0 Å². The molecule has 4 rings (SSSR count). The SMILES string of the molecule is COc1ccc(/C(O)=C2\C(=O)C(=O)N(c3cccc(Cl)c3)C2c2ccc(O)cc2)cc1C. The molecule has 0 saturated carbocycles. The molecule has 32 heavy (non-hydrogen) atoms. The van der Waals surface area contributed by atoms with E-state index in [0.29, 0.717) is 27.6 Å². The van der Waals surface area contributed by atoms with E-state index < -0.39 is 17.7 Å². The van der Waals surface area contributed by atoms with Crippen LogP contribution in [-0.2, 0) is 9.59 Å². The Labute approximate surface area is 189 Å². The molecular weight excluding hydrogens is 430 g/mol. The van der Waals surface area contributed by atoms with Gasteiger partial charge in [-0.15, -0.1) is 0 Å². The number of Topliss-reactive ketones (excluding diaryl/α,β-unsaturated/α-hetero) is 1. The number of anilines is 1. The molecule has 2 N–H and O–H groups in total. The second-order valence-electron chi connectivity index (χ2n) is 7.42. The highest BCUT2D eigenvalue weighted by molar-refractivity contribution is 6.51. The average molecular weight is 450 g/mol. The summed E-state index contributed by atoms with van der Waals surface area (Å²) in [6.07, 6.45) is 0. The van der Waals surface area contributed by atoms with Gasteiger partial charge in [-0.05, 0) is 66.6 Å². The van der Waals surface area contributed by atoms with Crippen LogP contribution >= 0.6 is 11.6 Å². The molecule has 3 aromatic carbocycles. The minimum atomic E-state index is -0.906. The van der Waals surface area contributed by atoms with E-state index in [0.717, 1.165) is 5.56 Å². The van der Waals surface area contributed by atoms with Crippen LogP contribution in [0.25, 0.3) is 5.76 Å². The predicted octanol–water partition coefficient (Wildman–Crippen LogP) is 4.99. The lowest BCUT2D eigenvalue weighted by Crippen LogP contribution is -2.29. The highest BCUT2D eigenvalue weighted by atomic mass is 35.5. The van der Waals surface area contributed by atoms with Gasteiger partial charge in [-0.3, -0.25) is 14.5 Å². The third-order valence-corrected chi connectivity index (χ3v) is 5.64. The number of aromatic hydroxyl groups is 1. The van der Waals surface area contributed by atoms with Crippen LogP contribution in [0, 0.1) is 6.92 Å². The molecule has 1 heterocycles. The number of amides is 1. The number of aliphatic hydroxyl groups excluding tert-OH is 1. The highest BCUT2D eigenvalue weighted by Gasteiger charge is 2.47. The van der Waals surface area contributed by atoms with Crippen molar-refractivity contribution in [2.75, 3.05) is 12.0 Å². The fraction of sp³-hybridized carbons (Fsp3) is 0.120. The van der Waals surface area contributed by atoms with Crippen LogP contribution in [0.5, 0.6) is 11.5 Å². The van der Waals surface area contributed by atoms with Crippen molar-refractivity contribution in [3.05, 3.63) is 94.0 Å². The quantitative estimate of drug-likeness (QED) is 0.333. The van der Waals surface area contributed by atoms with Gasteiger partial charge in [0.05, 0.1) is 18.7 Å². The number of benzene rings is 3. The number of methoxy groups -OCH3 is 1. The van der Waals surface area contributed by atoms with Gasteiger partial charge in [0.2, 0.25) is 0 Å². The molecule has 1 fully saturated rings. The summed E-state index contributed by atoms with van der Waals surface area (Å²) in [5, 5.41) is 21.3. The van der Waals surface area contributed by atoms with Gasteiger partial charge in [0.25, 0.3) is 11.7 Å². The van der Waals surface area contributed by atoms with E-state index >= 15 is 0 Å². The lowest BCUT2D eigenvalue weighted by atomic mass is 9.94. The van der Waals surface area contributed by atoms with Gasteiger partial charge >= 0.3 is 0 Å². The number of phenolic OH excluding ortho intramolecular Hbond substituents is 1. The summed E-state index contributed by atoms with van der Waals surface area (Å²) >= 11 is 6.13. The Balaban J connectivity index is 1.94. The van der Waals surface area contributed by atoms with Gasteiger partial charge < -0.3 is 14.9 Å². The van der Waals surface area contributed by atoms with Gasteiger partial charge in [-0.2, -0.15) is 0 Å². The Morgan fingerprint density at radius 3 is 2.38 bits per heavy atom. The van der Waals surface area contributed by atoms with Gasteiger partial charge in [0.1, 0.15) is 17.3 Å². The molecule has 1 amide bonds. The van der Waals surface area contributed by atoms with Gasteiger partial charge in [0.15, 0.2) is 0 Å². The Bertz CT molecular complexity index is 1250. The summed E-state index contributed by atoms with van der Waals surface area (Å²) in [4.78, 5) is 27.5. The lowest BCUT2D eigenvalue weighted by Gasteiger charge is -2.25. The average Bonchev–Trinajstić information content (AvgIpc) is 3.04. The van der Waals surface area contributed by atoms with E-state index in [2.05, 4.69) is 0 Å². The zero-order valence-corrected chi connectivity index (χ0v) is 18.1. The molecule has 3 aromatic rings. The highest BCUT2D eigenvalue weighted by Crippen LogP contribution is 2.43. The van der Waals surface area contributed by atoms with E-state index in [9.17, 15) is 19.8 Å². The van der Waals surface area contributed by atoms with Crippen molar-refractivity contribution >= 4 is 34.7 Å².